The topological polar surface area (TPSA) is 134 Å². The molecule has 1 saturated carbocycles. The van der Waals surface area contributed by atoms with Gasteiger partial charge in [-0.3, -0.25) is 4.79 Å². The molecule has 5 N–H and O–H groups in total. The van der Waals surface area contributed by atoms with Gasteiger partial charge in [0.1, 0.15) is 29.3 Å². The number of nitrogens with two attached hydrogens (primary N) is 2. The Hall–Kier alpha value is -3.69. The molecule has 39 heavy (non-hydrogen) atoms. The molecule has 0 aliphatic heterocycles. The Morgan fingerprint density at radius 3 is 2.36 bits per heavy atom. The van der Waals surface area contributed by atoms with Crippen molar-refractivity contribution in [1.29, 1.82) is 0 Å². The Kier molecular flexibility index (Phi) is 9.04. The quantitative estimate of drug-likeness (QED) is 0.273. The molecular formula is C29H36ClN7O2. The third-order valence-corrected chi connectivity index (χ3v) is 7.08. The molecule has 0 unspecified atom stereocenters. The molecule has 10 heteroatoms. The molecule has 2 heterocycles. The summed E-state index contributed by atoms with van der Waals surface area (Å²) < 4.78 is 7.92. The van der Waals surface area contributed by atoms with E-state index in [1.807, 2.05) is 59.3 Å². The molecule has 2 aromatic heterocycles. The fourth-order valence-electron chi connectivity index (χ4n) is 5.15. The molecule has 1 amide bonds. The van der Waals surface area contributed by atoms with Crippen LogP contribution >= 0.6 is 12.4 Å². The molecule has 0 bridgehead atoms. The van der Waals surface area contributed by atoms with Crippen LogP contribution in [0.15, 0.2) is 60.9 Å². The molecule has 1 fully saturated rings. The number of ether oxygens (including phenoxy) is 1. The zero-order valence-corrected chi connectivity index (χ0v) is 23.1. The van der Waals surface area contributed by atoms with Crippen molar-refractivity contribution in [2.45, 2.75) is 64.1 Å². The third kappa shape index (κ3) is 6.49. The average molecular weight is 550 g/mol. The third-order valence-electron chi connectivity index (χ3n) is 7.08. The van der Waals surface area contributed by atoms with E-state index >= 15 is 0 Å². The van der Waals surface area contributed by atoms with E-state index in [1.165, 1.54) is 6.33 Å². The van der Waals surface area contributed by atoms with E-state index in [4.69, 9.17) is 21.3 Å². The number of carbonyl (C=O) groups is 1. The van der Waals surface area contributed by atoms with Crippen molar-refractivity contribution < 1.29 is 9.53 Å². The Morgan fingerprint density at radius 2 is 1.69 bits per heavy atom. The van der Waals surface area contributed by atoms with Gasteiger partial charge in [-0.1, -0.05) is 32.0 Å². The van der Waals surface area contributed by atoms with Crippen LogP contribution < -0.4 is 21.5 Å². The largest absolute Gasteiger partial charge is 0.457 e. The lowest BCUT2D eigenvalue weighted by atomic mass is 9.91. The van der Waals surface area contributed by atoms with Gasteiger partial charge in [-0.05, 0) is 74.4 Å². The van der Waals surface area contributed by atoms with Crippen LogP contribution in [0.1, 0.15) is 52.0 Å². The maximum absolute atomic E-state index is 12.5. The Morgan fingerprint density at radius 1 is 1.03 bits per heavy atom. The van der Waals surface area contributed by atoms with Crippen molar-refractivity contribution in [2.75, 3.05) is 5.73 Å². The Balaban J connectivity index is 0.00000353. The van der Waals surface area contributed by atoms with Crippen LogP contribution in [0.2, 0.25) is 0 Å². The number of nitrogens with one attached hydrogen (secondary N) is 1. The molecule has 9 nitrogen and oxygen atoms in total. The van der Waals surface area contributed by atoms with Crippen LogP contribution in [0.25, 0.3) is 22.3 Å². The number of benzene rings is 2. The molecule has 1 aliphatic rings. The number of fused-ring (bicyclic) bond motifs is 1. The number of rotatable bonds is 8. The zero-order chi connectivity index (χ0) is 26.6. The van der Waals surface area contributed by atoms with Crippen molar-refractivity contribution in [1.82, 2.24) is 25.1 Å². The van der Waals surface area contributed by atoms with Gasteiger partial charge < -0.3 is 21.5 Å². The molecule has 1 aliphatic carbocycles. The van der Waals surface area contributed by atoms with Gasteiger partial charge in [-0.2, -0.15) is 5.10 Å². The SMILES string of the molecule is CC(C)C[C@@H](N)C(=O)NC1CCC(n2nc(-c3ccc(Oc4ccccc4)cc3)c3c(N)ncnc32)CC1.Cl. The lowest BCUT2D eigenvalue weighted by Gasteiger charge is -2.30. The predicted molar refractivity (Wildman–Crippen MR) is 156 cm³/mol. The summed E-state index contributed by atoms with van der Waals surface area (Å²) in [5, 5.41) is 8.88. The van der Waals surface area contributed by atoms with Crippen molar-refractivity contribution in [2.24, 2.45) is 11.7 Å². The van der Waals surface area contributed by atoms with E-state index in [0.717, 1.165) is 59.5 Å². The standard InChI is InChI=1S/C29H35N7O2.ClH/c1-18(2)16-24(30)29(37)34-20-10-12-21(13-11-20)36-28-25(27(31)32-17-33-28)26(35-36)19-8-14-23(15-9-19)38-22-6-4-3-5-7-22;/h3-9,14-15,17-18,20-21,24H,10-13,16,30H2,1-2H3,(H,34,37)(H2,31,32,33);1H/t20?,21?,24-;/m1./s1. The van der Waals surface area contributed by atoms with Gasteiger partial charge in [-0.25, -0.2) is 14.6 Å². The first-order chi connectivity index (χ1) is 18.4. The second-order valence-corrected chi connectivity index (χ2v) is 10.4. The van der Waals surface area contributed by atoms with E-state index in [2.05, 4.69) is 29.1 Å². The van der Waals surface area contributed by atoms with Crippen molar-refractivity contribution in [3.05, 3.63) is 60.9 Å². The highest BCUT2D eigenvalue weighted by Gasteiger charge is 2.28. The van der Waals surface area contributed by atoms with E-state index in [0.29, 0.717) is 18.2 Å². The summed E-state index contributed by atoms with van der Waals surface area (Å²) in [6.07, 6.45) is 5.62. The van der Waals surface area contributed by atoms with Gasteiger partial charge in [0.25, 0.3) is 0 Å². The first-order valence-electron chi connectivity index (χ1n) is 13.3. The second kappa shape index (κ2) is 12.4. The number of anilines is 1. The van der Waals surface area contributed by atoms with Crippen LogP contribution in [-0.4, -0.2) is 37.7 Å². The zero-order valence-electron chi connectivity index (χ0n) is 22.3. The van der Waals surface area contributed by atoms with Gasteiger partial charge >= 0.3 is 0 Å². The monoisotopic (exact) mass is 549 g/mol. The smallest absolute Gasteiger partial charge is 0.237 e. The maximum Gasteiger partial charge on any atom is 0.237 e. The van der Waals surface area contributed by atoms with E-state index in [-0.39, 0.29) is 30.4 Å². The van der Waals surface area contributed by atoms with Crippen molar-refractivity contribution >= 4 is 35.2 Å². The number of amides is 1. The number of aromatic nitrogens is 4. The number of halogens is 1. The van der Waals surface area contributed by atoms with Gasteiger partial charge in [0, 0.05) is 11.6 Å². The Labute approximate surface area is 234 Å². The summed E-state index contributed by atoms with van der Waals surface area (Å²) in [4.78, 5) is 21.3. The van der Waals surface area contributed by atoms with E-state index < -0.39 is 6.04 Å². The number of carbonyl (C=O) groups excluding carboxylic acids is 1. The van der Waals surface area contributed by atoms with Crippen LogP contribution in [0, 0.1) is 5.92 Å². The molecule has 206 valence electrons. The van der Waals surface area contributed by atoms with Gasteiger partial charge in [0.2, 0.25) is 5.91 Å². The summed E-state index contributed by atoms with van der Waals surface area (Å²) in [5.74, 6) is 2.24. The van der Waals surface area contributed by atoms with Crippen LogP contribution in [0.5, 0.6) is 11.5 Å². The summed E-state index contributed by atoms with van der Waals surface area (Å²) in [7, 11) is 0. The van der Waals surface area contributed by atoms with Gasteiger partial charge in [-0.15, -0.1) is 12.4 Å². The molecule has 0 spiro atoms. The first kappa shape index (κ1) is 28.3. The first-order valence-corrected chi connectivity index (χ1v) is 13.3. The minimum atomic E-state index is -0.463. The minimum Gasteiger partial charge on any atom is -0.457 e. The number of hydrogen-bond acceptors (Lipinski definition) is 7. The highest BCUT2D eigenvalue weighted by molar-refractivity contribution is 5.98. The lowest BCUT2D eigenvalue weighted by Crippen LogP contribution is -2.47. The summed E-state index contributed by atoms with van der Waals surface area (Å²) >= 11 is 0. The van der Waals surface area contributed by atoms with Crippen molar-refractivity contribution in [3.63, 3.8) is 0 Å². The highest BCUT2D eigenvalue weighted by atomic mass is 35.5. The van der Waals surface area contributed by atoms with Crippen LogP contribution in [0.3, 0.4) is 0 Å². The lowest BCUT2D eigenvalue weighted by molar-refractivity contribution is -0.123. The highest BCUT2D eigenvalue weighted by Crippen LogP contribution is 2.36. The van der Waals surface area contributed by atoms with E-state index in [9.17, 15) is 4.79 Å². The fraction of sp³-hybridized carbons (Fsp3) is 0.379. The molecule has 4 aromatic rings. The molecule has 1 atom stereocenters. The van der Waals surface area contributed by atoms with Gasteiger partial charge in [0.05, 0.1) is 17.5 Å². The molecular weight excluding hydrogens is 514 g/mol. The van der Waals surface area contributed by atoms with Crippen LogP contribution in [0.4, 0.5) is 5.82 Å². The summed E-state index contributed by atoms with van der Waals surface area (Å²) in [6.45, 7) is 4.15. The number of nitrogens with zero attached hydrogens (tertiary/aromatic N) is 4. The van der Waals surface area contributed by atoms with Crippen molar-refractivity contribution in [3.8, 4) is 22.8 Å². The van der Waals surface area contributed by atoms with E-state index in [1.54, 1.807) is 0 Å². The molecule has 2 aromatic carbocycles. The molecule has 0 saturated heterocycles. The van der Waals surface area contributed by atoms with Crippen LogP contribution in [-0.2, 0) is 4.79 Å². The number of nitrogen functional groups attached to an aromatic ring is 1. The fourth-order valence-corrected chi connectivity index (χ4v) is 5.15. The number of hydrogen-bond donors (Lipinski definition) is 3. The summed E-state index contributed by atoms with van der Waals surface area (Å²) in [6, 6.07) is 17.3. The molecule has 0 radical (unpaired) electrons. The van der Waals surface area contributed by atoms with Gasteiger partial charge in [0.15, 0.2) is 5.65 Å². The Bertz CT molecular complexity index is 1380. The average Bonchev–Trinajstić information content (AvgIpc) is 3.31. The minimum absolute atomic E-state index is 0. The number of para-hydroxylation sites is 1. The second-order valence-electron chi connectivity index (χ2n) is 10.4. The summed E-state index contributed by atoms with van der Waals surface area (Å²) in [5.41, 5.74) is 14.8. The normalized spacial score (nSPS) is 17.9. The maximum atomic E-state index is 12.5. The molecule has 5 rings (SSSR count). The predicted octanol–water partition coefficient (Wildman–Crippen LogP) is 5.26.